The van der Waals surface area contributed by atoms with Crippen LogP contribution in [0.4, 0.5) is 11.5 Å². The van der Waals surface area contributed by atoms with Crippen molar-refractivity contribution in [3.63, 3.8) is 0 Å². The third-order valence-electron chi connectivity index (χ3n) is 5.30. The SMILES string of the molecule is COC(OC)c1ccc2onc(Nc3cccc(-c4ccc5c(c4)OCCO5)c3Cl)c2c1. The van der Waals surface area contributed by atoms with E-state index in [1.54, 1.807) is 14.2 Å². The molecule has 4 aromatic rings. The molecule has 7 nitrogen and oxygen atoms in total. The largest absolute Gasteiger partial charge is 0.486 e. The van der Waals surface area contributed by atoms with E-state index in [2.05, 4.69) is 10.5 Å². The summed E-state index contributed by atoms with van der Waals surface area (Å²) >= 11 is 6.79. The van der Waals surface area contributed by atoms with E-state index >= 15 is 0 Å². The monoisotopic (exact) mass is 452 g/mol. The predicted octanol–water partition coefficient (Wildman–Crippen LogP) is 5.95. The number of rotatable bonds is 6. The van der Waals surface area contributed by atoms with Gasteiger partial charge in [0, 0.05) is 25.3 Å². The van der Waals surface area contributed by atoms with Crippen LogP contribution in [0, 0.1) is 0 Å². The second-order valence-electron chi connectivity index (χ2n) is 7.24. The number of ether oxygens (including phenoxy) is 4. The Labute approximate surface area is 189 Å². The fourth-order valence-electron chi connectivity index (χ4n) is 3.75. The molecule has 1 aliphatic heterocycles. The molecular weight excluding hydrogens is 432 g/mol. The van der Waals surface area contributed by atoms with Crippen LogP contribution in [-0.4, -0.2) is 32.6 Å². The quantitative estimate of drug-likeness (QED) is 0.362. The van der Waals surface area contributed by atoms with Gasteiger partial charge in [-0.2, -0.15) is 0 Å². The number of methoxy groups -OCH3 is 2. The van der Waals surface area contributed by atoms with Crippen LogP contribution in [0.1, 0.15) is 11.9 Å². The van der Waals surface area contributed by atoms with Gasteiger partial charge in [-0.3, -0.25) is 0 Å². The third-order valence-corrected chi connectivity index (χ3v) is 5.71. The molecule has 0 atom stereocenters. The molecule has 0 amide bonds. The van der Waals surface area contributed by atoms with Crippen molar-refractivity contribution < 1.29 is 23.5 Å². The smallest absolute Gasteiger partial charge is 0.183 e. The average Bonchev–Trinajstić information content (AvgIpc) is 3.23. The van der Waals surface area contributed by atoms with Crippen molar-refractivity contribution in [2.45, 2.75) is 6.29 Å². The molecule has 0 saturated heterocycles. The van der Waals surface area contributed by atoms with E-state index in [1.165, 1.54) is 0 Å². The first-order valence-corrected chi connectivity index (χ1v) is 10.5. The Bertz CT molecular complexity index is 1270. The summed E-state index contributed by atoms with van der Waals surface area (Å²) in [5.41, 5.74) is 3.99. The number of hydrogen-bond donors (Lipinski definition) is 1. The Morgan fingerprint density at radius 1 is 0.969 bits per heavy atom. The van der Waals surface area contributed by atoms with Gasteiger partial charge in [0.1, 0.15) is 13.2 Å². The molecule has 164 valence electrons. The lowest BCUT2D eigenvalue weighted by Gasteiger charge is -2.19. The lowest BCUT2D eigenvalue weighted by atomic mass is 10.0. The number of benzene rings is 3. The summed E-state index contributed by atoms with van der Waals surface area (Å²) in [6, 6.07) is 17.2. The van der Waals surface area contributed by atoms with Crippen molar-refractivity contribution >= 4 is 34.1 Å². The van der Waals surface area contributed by atoms with Gasteiger partial charge in [-0.1, -0.05) is 41.0 Å². The van der Waals surface area contributed by atoms with Gasteiger partial charge in [0.2, 0.25) is 0 Å². The van der Waals surface area contributed by atoms with E-state index < -0.39 is 6.29 Å². The molecule has 32 heavy (non-hydrogen) atoms. The number of halogens is 1. The van der Waals surface area contributed by atoms with Crippen LogP contribution < -0.4 is 14.8 Å². The molecule has 0 bridgehead atoms. The fourth-order valence-corrected chi connectivity index (χ4v) is 4.03. The highest BCUT2D eigenvalue weighted by Crippen LogP contribution is 2.40. The Balaban J connectivity index is 1.49. The lowest BCUT2D eigenvalue weighted by molar-refractivity contribution is -0.105. The molecule has 5 rings (SSSR count). The summed E-state index contributed by atoms with van der Waals surface area (Å²) in [5, 5.41) is 8.83. The summed E-state index contributed by atoms with van der Waals surface area (Å²) in [6.07, 6.45) is -0.482. The maximum absolute atomic E-state index is 6.79. The second-order valence-corrected chi connectivity index (χ2v) is 7.62. The number of fused-ring (bicyclic) bond motifs is 2. The first-order valence-electron chi connectivity index (χ1n) is 10.1. The highest BCUT2D eigenvalue weighted by atomic mass is 35.5. The van der Waals surface area contributed by atoms with E-state index in [9.17, 15) is 0 Å². The normalized spacial score (nSPS) is 13.0. The summed E-state index contributed by atoms with van der Waals surface area (Å²) < 4.78 is 27.5. The van der Waals surface area contributed by atoms with E-state index in [-0.39, 0.29) is 0 Å². The van der Waals surface area contributed by atoms with Gasteiger partial charge in [-0.15, -0.1) is 0 Å². The average molecular weight is 453 g/mol. The van der Waals surface area contributed by atoms with Gasteiger partial charge in [-0.25, -0.2) is 0 Å². The molecule has 0 radical (unpaired) electrons. The van der Waals surface area contributed by atoms with Gasteiger partial charge in [0.15, 0.2) is 29.2 Å². The van der Waals surface area contributed by atoms with Gasteiger partial charge >= 0.3 is 0 Å². The maximum Gasteiger partial charge on any atom is 0.183 e. The zero-order chi connectivity index (χ0) is 22.1. The standard InChI is InChI=1S/C24H21ClN2O5/c1-28-24(29-2)15-7-8-19-17(12-15)23(27-32-19)26-18-5-3-4-16(22(18)25)14-6-9-20-21(13-14)31-11-10-30-20/h3-9,12-13,24H,10-11H2,1-2H3,(H,26,27). The number of anilines is 2. The molecule has 0 spiro atoms. The number of aromatic nitrogens is 1. The first kappa shape index (κ1) is 20.6. The summed E-state index contributed by atoms with van der Waals surface area (Å²) in [5.74, 6) is 2.00. The van der Waals surface area contributed by atoms with E-state index in [0.29, 0.717) is 41.1 Å². The number of hydrogen-bond acceptors (Lipinski definition) is 7. The van der Waals surface area contributed by atoms with E-state index in [4.69, 9.17) is 35.1 Å². The van der Waals surface area contributed by atoms with Crippen LogP contribution >= 0.6 is 11.6 Å². The number of nitrogens with zero attached hydrogens (tertiary/aromatic N) is 1. The number of nitrogens with one attached hydrogen (secondary N) is 1. The predicted molar refractivity (Wildman–Crippen MR) is 122 cm³/mol. The molecule has 1 N–H and O–H groups in total. The molecule has 3 aromatic carbocycles. The maximum atomic E-state index is 6.79. The van der Waals surface area contributed by atoms with Gasteiger partial charge in [0.25, 0.3) is 0 Å². The van der Waals surface area contributed by atoms with Crippen molar-refractivity contribution in [3.8, 4) is 22.6 Å². The zero-order valence-corrected chi connectivity index (χ0v) is 18.3. The van der Waals surface area contributed by atoms with Crippen LogP contribution in [0.15, 0.2) is 59.1 Å². The Morgan fingerprint density at radius 3 is 2.59 bits per heavy atom. The van der Waals surface area contributed by atoms with Crippen LogP contribution in [0.2, 0.25) is 5.02 Å². The second kappa shape index (κ2) is 8.70. The Kier molecular flexibility index (Phi) is 5.61. The van der Waals surface area contributed by atoms with Crippen LogP contribution in [0.25, 0.3) is 22.1 Å². The summed E-state index contributed by atoms with van der Waals surface area (Å²) in [4.78, 5) is 0. The van der Waals surface area contributed by atoms with E-state index in [1.807, 2.05) is 54.6 Å². The van der Waals surface area contributed by atoms with Crippen molar-refractivity contribution in [1.82, 2.24) is 5.16 Å². The molecule has 0 fully saturated rings. The molecule has 2 heterocycles. The highest BCUT2D eigenvalue weighted by Gasteiger charge is 2.18. The minimum Gasteiger partial charge on any atom is -0.486 e. The molecule has 1 aromatic heterocycles. The topological polar surface area (TPSA) is 75.0 Å². The van der Waals surface area contributed by atoms with Crippen LogP contribution in [0.5, 0.6) is 11.5 Å². The summed E-state index contributed by atoms with van der Waals surface area (Å²) in [7, 11) is 3.18. The van der Waals surface area contributed by atoms with Gasteiger partial charge in [-0.05, 0) is 35.9 Å². The molecule has 1 aliphatic rings. The molecule has 8 heteroatoms. The minimum atomic E-state index is -0.482. The Morgan fingerprint density at radius 2 is 1.78 bits per heavy atom. The van der Waals surface area contributed by atoms with Gasteiger partial charge < -0.3 is 28.8 Å². The van der Waals surface area contributed by atoms with Gasteiger partial charge in [0.05, 0.1) is 16.1 Å². The summed E-state index contributed by atoms with van der Waals surface area (Å²) in [6.45, 7) is 1.08. The minimum absolute atomic E-state index is 0.482. The van der Waals surface area contributed by atoms with Crippen molar-refractivity contribution in [3.05, 3.63) is 65.2 Å². The zero-order valence-electron chi connectivity index (χ0n) is 17.6. The molecule has 0 aliphatic carbocycles. The van der Waals surface area contributed by atoms with Crippen LogP contribution in [-0.2, 0) is 9.47 Å². The Hall–Kier alpha value is -3.26. The van der Waals surface area contributed by atoms with E-state index in [0.717, 1.165) is 27.8 Å². The third kappa shape index (κ3) is 3.75. The van der Waals surface area contributed by atoms with Crippen molar-refractivity contribution in [2.75, 3.05) is 32.8 Å². The molecule has 0 saturated carbocycles. The highest BCUT2D eigenvalue weighted by molar-refractivity contribution is 6.36. The molecular formula is C24H21ClN2O5. The fraction of sp³-hybridized carbons (Fsp3) is 0.208. The lowest BCUT2D eigenvalue weighted by Crippen LogP contribution is -2.15. The first-order chi connectivity index (χ1) is 15.7. The molecule has 0 unspecified atom stereocenters. The van der Waals surface area contributed by atoms with Crippen molar-refractivity contribution in [1.29, 1.82) is 0 Å². The van der Waals surface area contributed by atoms with Crippen LogP contribution in [0.3, 0.4) is 0 Å². The van der Waals surface area contributed by atoms with Crippen molar-refractivity contribution in [2.24, 2.45) is 0 Å².